The van der Waals surface area contributed by atoms with Gasteiger partial charge in [0.25, 0.3) is 5.56 Å². The van der Waals surface area contributed by atoms with Crippen LogP contribution in [0.2, 0.25) is 0 Å². The number of halogens is 1. The molecule has 35 heavy (non-hydrogen) atoms. The number of aromatic nitrogens is 4. The number of nitrogens with zero attached hydrogens (tertiary/aromatic N) is 5. The van der Waals surface area contributed by atoms with Crippen molar-refractivity contribution in [3.05, 3.63) is 91.0 Å². The maximum absolute atomic E-state index is 13.8. The summed E-state index contributed by atoms with van der Waals surface area (Å²) in [5.41, 5.74) is 8.55. The number of piperidine rings is 1. The van der Waals surface area contributed by atoms with Crippen molar-refractivity contribution < 1.29 is 0 Å². The average Bonchev–Trinajstić information content (AvgIpc) is 3.24. The van der Waals surface area contributed by atoms with Crippen LogP contribution in [0, 0.1) is 0 Å². The summed E-state index contributed by atoms with van der Waals surface area (Å²) in [5, 5.41) is 0. The minimum Gasteiger partial charge on any atom is -0.341 e. The molecule has 0 amide bonds. The van der Waals surface area contributed by atoms with Crippen LogP contribution in [0.5, 0.6) is 0 Å². The van der Waals surface area contributed by atoms with Gasteiger partial charge >= 0.3 is 5.69 Å². The Morgan fingerprint density at radius 3 is 2.54 bits per heavy atom. The average molecular weight is 537 g/mol. The minimum absolute atomic E-state index is 0.0480. The second-order valence-electron chi connectivity index (χ2n) is 9.14. The van der Waals surface area contributed by atoms with Gasteiger partial charge in [0.2, 0.25) is 5.95 Å². The number of nitrogens with two attached hydrogens (primary N) is 1. The summed E-state index contributed by atoms with van der Waals surface area (Å²) >= 11 is 3.64. The Kier molecular flexibility index (Phi) is 6.62. The number of hydrogen-bond acceptors (Lipinski definition) is 5. The number of aryl methyl sites for hydroxylation is 2. The van der Waals surface area contributed by atoms with E-state index in [4.69, 9.17) is 10.7 Å². The number of anilines is 1. The van der Waals surface area contributed by atoms with Crippen LogP contribution in [0.25, 0.3) is 11.2 Å². The molecule has 0 bridgehead atoms. The zero-order valence-corrected chi connectivity index (χ0v) is 21.3. The van der Waals surface area contributed by atoms with Crippen molar-refractivity contribution in [3.63, 3.8) is 0 Å². The molecule has 1 atom stereocenters. The maximum Gasteiger partial charge on any atom is 0.332 e. The highest BCUT2D eigenvalue weighted by atomic mass is 79.9. The second kappa shape index (κ2) is 9.83. The van der Waals surface area contributed by atoms with Gasteiger partial charge in [-0.25, -0.2) is 4.79 Å². The van der Waals surface area contributed by atoms with Gasteiger partial charge in [-0.1, -0.05) is 64.5 Å². The third-order valence-electron chi connectivity index (χ3n) is 6.71. The van der Waals surface area contributed by atoms with Crippen molar-refractivity contribution >= 4 is 33.0 Å². The summed E-state index contributed by atoms with van der Waals surface area (Å²) in [5.74, 6) is 0.679. The molecule has 9 heteroatoms. The summed E-state index contributed by atoms with van der Waals surface area (Å²) < 4.78 is 5.73. The lowest BCUT2D eigenvalue weighted by molar-refractivity contribution is 0.495. The zero-order chi connectivity index (χ0) is 24.5. The Hall–Kier alpha value is -3.17. The van der Waals surface area contributed by atoms with Crippen molar-refractivity contribution in [3.8, 4) is 0 Å². The first-order valence-electron chi connectivity index (χ1n) is 11.9. The van der Waals surface area contributed by atoms with E-state index in [1.54, 1.807) is 7.05 Å². The maximum atomic E-state index is 13.8. The molecular formula is C26H29BrN6O2. The SMILES string of the molecule is Cn1c(=O)n(CCc2ccccc2)c(=O)c2c1nc(N1CCCC(N)C1)n2Cc1ccccc1Br. The van der Waals surface area contributed by atoms with E-state index >= 15 is 0 Å². The predicted octanol–water partition coefficient (Wildman–Crippen LogP) is 2.88. The summed E-state index contributed by atoms with van der Waals surface area (Å²) in [6.07, 6.45) is 2.51. The summed E-state index contributed by atoms with van der Waals surface area (Å²) in [7, 11) is 1.69. The van der Waals surface area contributed by atoms with Crippen LogP contribution in [0.15, 0.2) is 68.7 Å². The molecule has 2 N–H and O–H groups in total. The van der Waals surface area contributed by atoms with E-state index in [-0.39, 0.29) is 17.3 Å². The molecule has 1 aliphatic rings. The van der Waals surface area contributed by atoms with Crippen molar-refractivity contribution in [2.75, 3.05) is 18.0 Å². The van der Waals surface area contributed by atoms with E-state index in [0.717, 1.165) is 35.0 Å². The molecule has 5 rings (SSSR count). The lowest BCUT2D eigenvalue weighted by Crippen LogP contribution is -2.44. The van der Waals surface area contributed by atoms with Gasteiger partial charge in [-0.2, -0.15) is 4.98 Å². The molecule has 1 aliphatic heterocycles. The number of hydrogen-bond donors (Lipinski definition) is 1. The molecule has 182 valence electrons. The zero-order valence-electron chi connectivity index (χ0n) is 19.7. The van der Waals surface area contributed by atoms with Gasteiger partial charge in [-0.15, -0.1) is 0 Å². The van der Waals surface area contributed by atoms with E-state index in [2.05, 4.69) is 20.8 Å². The Labute approximate surface area is 211 Å². The van der Waals surface area contributed by atoms with Crippen LogP contribution in [-0.2, 0) is 26.6 Å². The van der Waals surface area contributed by atoms with E-state index in [9.17, 15) is 9.59 Å². The lowest BCUT2D eigenvalue weighted by Gasteiger charge is -2.32. The normalized spacial score (nSPS) is 16.2. The highest BCUT2D eigenvalue weighted by Crippen LogP contribution is 2.26. The Bertz CT molecular complexity index is 1470. The third-order valence-corrected chi connectivity index (χ3v) is 7.48. The standard InChI is InChI=1S/C26H29BrN6O2/c1-30-23-22(24(34)32(26(30)35)15-13-18-8-3-2-4-9-18)33(16-19-10-5-6-12-21(19)27)25(29-23)31-14-7-11-20(28)17-31/h2-6,8-10,12,20H,7,11,13-17,28H2,1H3. The first kappa shape index (κ1) is 23.6. The van der Waals surface area contributed by atoms with Crippen molar-refractivity contribution in [2.24, 2.45) is 12.8 Å². The summed E-state index contributed by atoms with van der Waals surface area (Å²) in [6, 6.07) is 17.9. The van der Waals surface area contributed by atoms with E-state index in [1.807, 2.05) is 59.2 Å². The Morgan fingerprint density at radius 2 is 1.80 bits per heavy atom. The first-order valence-corrected chi connectivity index (χ1v) is 12.7. The minimum atomic E-state index is -0.356. The molecule has 1 unspecified atom stereocenters. The van der Waals surface area contributed by atoms with Crippen molar-refractivity contribution in [1.29, 1.82) is 0 Å². The number of benzene rings is 2. The van der Waals surface area contributed by atoms with Crippen LogP contribution in [0.4, 0.5) is 5.95 Å². The molecular weight excluding hydrogens is 508 g/mol. The van der Waals surface area contributed by atoms with Gasteiger partial charge in [0.15, 0.2) is 11.2 Å². The van der Waals surface area contributed by atoms with E-state index in [1.165, 1.54) is 9.13 Å². The molecule has 3 heterocycles. The van der Waals surface area contributed by atoms with Crippen LogP contribution >= 0.6 is 15.9 Å². The number of rotatable bonds is 6. The summed E-state index contributed by atoms with van der Waals surface area (Å²) in [6.45, 7) is 2.22. The Balaban J connectivity index is 1.67. The largest absolute Gasteiger partial charge is 0.341 e. The van der Waals surface area contributed by atoms with Gasteiger partial charge in [-0.3, -0.25) is 18.5 Å². The highest BCUT2D eigenvalue weighted by Gasteiger charge is 2.26. The van der Waals surface area contributed by atoms with Crippen LogP contribution in [-0.4, -0.2) is 37.8 Å². The van der Waals surface area contributed by atoms with Crippen LogP contribution in [0.3, 0.4) is 0 Å². The van der Waals surface area contributed by atoms with Gasteiger partial charge in [0, 0.05) is 37.2 Å². The van der Waals surface area contributed by atoms with Gasteiger partial charge in [-0.05, 0) is 36.5 Å². The quantitative estimate of drug-likeness (QED) is 0.409. The molecule has 0 aliphatic carbocycles. The molecule has 0 spiro atoms. The van der Waals surface area contributed by atoms with Gasteiger partial charge < -0.3 is 10.6 Å². The molecule has 0 radical (unpaired) electrons. The van der Waals surface area contributed by atoms with E-state index in [0.29, 0.717) is 43.2 Å². The molecule has 8 nitrogen and oxygen atoms in total. The third kappa shape index (κ3) is 4.58. The van der Waals surface area contributed by atoms with Gasteiger partial charge in [0.1, 0.15) is 0 Å². The monoisotopic (exact) mass is 536 g/mol. The molecule has 1 fully saturated rings. The van der Waals surface area contributed by atoms with E-state index < -0.39 is 0 Å². The summed E-state index contributed by atoms with van der Waals surface area (Å²) in [4.78, 5) is 34.0. The highest BCUT2D eigenvalue weighted by molar-refractivity contribution is 9.10. The van der Waals surface area contributed by atoms with Crippen LogP contribution in [0.1, 0.15) is 24.0 Å². The topological polar surface area (TPSA) is 91.1 Å². The molecule has 2 aromatic carbocycles. The second-order valence-corrected chi connectivity index (χ2v) is 10.00. The number of fused-ring (bicyclic) bond motifs is 1. The fourth-order valence-corrected chi connectivity index (χ4v) is 5.23. The van der Waals surface area contributed by atoms with Crippen molar-refractivity contribution in [1.82, 2.24) is 18.7 Å². The van der Waals surface area contributed by atoms with Crippen molar-refractivity contribution in [2.45, 2.75) is 38.4 Å². The fourth-order valence-electron chi connectivity index (χ4n) is 4.82. The number of imidazole rings is 1. The fraction of sp³-hybridized carbons (Fsp3) is 0.346. The van der Waals surface area contributed by atoms with Gasteiger partial charge in [0.05, 0.1) is 6.54 Å². The first-order chi connectivity index (χ1) is 16.9. The molecule has 4 aromatic rings. The predicted molar refractivity (Wildman–Crippen MR) is 142 cm³/mol. The lowest BCUT2D eigenvalue weighted by atomic mass is 10.1. The molecule has 1 saturated heterocycles. The molecule has 0 saturated carbocycles. The smallest absolute Gasteiger partial charge is 0.332 e. The molecule has 2 aromatic heterocycles. The Morgan fingerprint density at radius 1 is 1.06 bits per heavy atom. The van der Waals surface area contributed by atoms with Crippen LogP contribution < -0.4 is 21.9 Å².